The van der Waals surface area contributed by atoms with Crippen LogP contribution in [-0.2, 0) is 6.54 Å². The molecule has 6 heteroatoms. The first kappa shape index (κ1) is 29.2. The molecular formula is C36H40N4O2. The molecule has 42 heavy (non-hydrogen) atoms. The SMILES string of the molecule is C=C(C)Cn1cc(C2CCN(CCCCNC(=O)c3ccc(-c4ccc(C#N)cc4)cc3)CC2)c2cc(OC)ccc21. The molecule has 1 N–H and O–H groups in total. The first-order chi connectivity index (χ1) is 20.4. The molecule has 1 fully saturated rings. The number of carbonyl (C=O) groups excluding carboxylic acids is 1. The highest BCUT2D eigenvalue weighted by atomic mass is 16.5. The molecule has 0 unspecified atom stereocenters. The highest BCUT2D eigenvalue weighted by Gasteiger charge is 2.24. The zero-order chi connectivity index (χ0) is 29.5. The number of amides is 1. The molecule has 6 nitrogen and oxygen atoms in total. The number of hydrogen-bond donors (Lipinski definition) is 1. The third-order valence-corrected chi connectivity index (χ3v) is 8.27. The summed E-state index contributed by atoms with van der Waals surface area (Å²) in [5.74, 6) is 1.41. The van der Waals surface area contributed by atoms with Gasteiger partial charge in [0.1, 0.15) is 5.75 Å². The number of fused-ring (bicyclic) bond motifs is 1. The molecule has 1 aliphatic rings. The molecule has 0 bridgehead atoms. The molecule has 1 amide bonds. The topological polar surface area (TPSA) is 70.3 Å². The van der Waals surface area contributed by atoms with E-state index in [0.717, 1.165) is 74.3 Å². The van der Waals surface area contributed by atoms with Crippen LogP contribution in [0.4, 0.5) is 0 Å². The molecule has 4 aromatic rings. The molecule has 0 atom stereocenters. The average Bonchev–Trinajstić information content (AvgIpc) is 3.37. The van der Waals surface area contributed by atoms with E-state index >= 15 is 0 Å². The Labute approximate surface area is 249 Å². The van der Waals surface area contributed by atoms with Crippen LogP contribution in [0.15, 0.2) is 85.1 Å². The summed E-state index contributed by atoms with van der Waals surface area (Å²) in [7, 11) is 1.73. The molecule has 1 aromatic heterocycles. The van der Waals surface area contributed by atoms with E-state index in [-0.39, 0.29) is 5.91 Å². The zero-order valence-corrected chi connectivity index (χ0v) is 24.7. The molecule has 216 valence electrons. The van der Waals surface area contributed by atoms with Gasteiger partial charge in [0.25, 0.3) is 5.91 Å². The summed E-state index contributed by atoms with van der Waals surface area (Å²) in [5, 5.41) is 13.3. The molecule has 0 aliphatic carbocycles. The number of nitrogens with one attached hydrogen (secondary N) is 1. The van der Waals surface area contributed by atoms with Gasteiger partial charge in [-0.3, -0.25) is 4.79 Å². The average molecular weight is 561 g/mol. The number of nitriles is 1. The van der Waals surface area contributed by atoms with E-state index in [1.54, 1.807) is 19.2 Å². The standard InChI is InChI=1S/C36H40N4O2/c1-26(2)24-40-25-34(33-22-32(42-3)14-15-35(33)40)30-16-20-39(21-17-30)19-5-4-18-38-36(41)31-12-10-29(11-13-31)28-8-6-27(23-37)7-9-28/h6-15,22,25,30H,1,4-5,16-21,24H2,2-3H3,(H,38,41). The largest absolute Gasteiger partial charge is 0.497 e. The number of rotatable bonds is 11. The molecule has 0 radical (unpaired) electrons. The first-order valence-electron chi connectivity index (χ1n) is 14.9. The Morgan fingerprint density at radius 2 is 1.71 bits per heavy atom. The normalized spacial score (nSPS) is 14.0. The van der Waals surface area contributed by atoms with Gasteiger partial charge in [-0.1, -0.05) is 36.4 Å². The number of aromatic nitrogens is 1. The minimum Gasteiger partial charge on any atom is -0.497 e. The van der Waals surface area contributed by atoms with E-state index in [1.165, 1.54) is 16.5 Å². The van der Waals surface area contributed by atoms with Crippen molar-refractivity contribution in [3.05, 3.63) is 102 Å². The van der Waals surface area contributed by atoms with Crippen LogP contribution < -0.4 is 10.1 Å². The Kier molecular flexibility index (Phi) is 9.41. The monoisotopic (exact) mass is 560 g/mol. The fourth-order valence-electron chi connectivity index (χ4n) is 5.96. The maximum atomic E-state index is 12.6. The number of hydrogen-bond acceptors (Lipinski definition) is 4. The third kappa shape index (κ3) is 6.92. The number of likely N-dealkylation sites (tertiary alicyclic amines) is 1. The van der Waals surface area contributed by atoms with Crippen LogP contribution in [0.25, 0.3) is 22.0 Å². The van der Waals surface area contributed by atoms with Gasteiger partial charge in [0.05, 0.1) is 18.7 Å². The van der Waals surface area contributed by atoms with Crippen molar-refractivity contribution < 1.29 is 9.53 Å². The second-order valence-corrected chi connectivity index (χ2v) is 11.4. The maximum Gasteiger partial charge on any atom is 0.251 e. The molecule has 1 aliphatic heterocycles. The fraction of sp³-hybridized carbons (Fsp3) is 0.333. The van der Waals surface area contributed by atoms with E-state index in [9.17, 15) is 4.79 Å². The van der Waals surface area contributed by atoms with E-state index < -0.39 is 0 Å². The number of unbranched alkanes of at least 4 members (excludes halogenated alkanes) is 1. The molecule has 0 saturated carbocycles. The van der Waals surface area contributed by atoms with Crippen molar-refractivity contribution in [2.45, 2.75) is 45.1 Å². The molecule has 1 saturated heterocycles. The quantitative estimate of drug-likeness (QED) is 0.156. The number of nitrogens with zero attached hydrogens (tertiary/aromatic N) is 3. The minimum absolute atomic E-state index is 0.0374. The molecule has 2 heterocycles. The van der Waals surface area contributed by atoms with Gasteiger partial charge in [-0.15, -0.1) is 0 Å². The maximum absolute atomic E-state index is 12.6. The van der Waals surface area contributed by atoms with Gasteiger partial charge in [-0.2, -0.15) is 5.26 Å². The number of methoxy groups -OCH3 is 1. The van der Waals surface area contributed by atoms with Crippen molar-refractivity contribution in [3.63, 3.8) is 0 Å². The van der Waals surface area contributed by atoms with Crippen LogP contribution >= 0.6 is 0 Å². The Bertz CT molecular complexity index is 1570. The molecule has 0 spiro atoms. The van der Waals surface area contributed by atoms with E-state index in [2.05, 4.69) is 52.7 Å². The van der Waals surface area contributed by atoms with Crippen LogP contribution in [0.5, 0.6) is 5.75 Å². The Hall–Kier alpha value is -4.34. The van der Waals surface area contributed by atoms with Crippen molar-refractivity contribution in [1.29, 1.82) is 5.26 Å². The van der Waals surface area contributed by atoms with Gasteiger partial charge >= 0.3 is 0 Å². The summed E-state index contributed by atoms with van der Waals surface area (Å²) in [6, 6.07) is 23.6. The van der Waals surface area contributed by atoms with Crippen LogP contribution in [0.3, 0.4) is 0 Å². The predicted molar refractivity (Wildman–Crippen MR) is 170 cm³/mol. The Morgan fingerprint density at radius 1 is 1.02 bits per heavy atom. The lowest BCUT2D eigenvalue weighted by Crippen LogP contribution is -2.34. The lowest BCUT2D eigenvalue weighted by molar-refractivity contribution is 0.0952. The summed E-state index contributed by atoms with van der Waals surface area (Å²) in [6.07, 6.45) is 6.67. The Balaban J connectivity index is 1.06. The fourth-order valence-corrected chi connectivity index (χ4v) is 5.96. The summed E-state index contributed by atoms with van der Waals surface area (Å²) >= 11 is 0. The summed E-state index contributed by atoms with van der Waals surface area (Å²) in [4.78, 5) is 15.2. The van der Waals surface area contributed by atoms with E-state index in [4.69, 9.17) is 10.00 Å². The Morgan fingerprint density at radius 3 is 2.36 bits per heavy atom. The van der Waals surface area contributed by atoms with Crippen LogP contribution in [-0.4, -0.2) is 48.7 Å². The van der Waals surface area contributed by atoms with E-state index in [1.807, 2.05) is 42.5 Å². The minimum atomic E-state index is -0.0374. The first-order valence-corrected chi connectivity index (χ1v) is 14.9. The number of ether oxygens (including phenoxy) is 1. The second kappa shape index (κ2) is 13.5. The number of piperidine rings is 1. The highest BCUT2D eigenvalue weighted by Crippen LogP contribution is 2.36. The molecule has 3 aromatic carbocycles. The van der Waals surface area contributed by atoms with Gasteiger partial charge in [0.2, 0.25) is 0 Å². The van der Waals surface area contributed by atoms with Crippen molar-refractivity contribution in [3.8, 4) is 22.9 Å². The number of carbonyl (C=O) groups is 1. The van der Waals surface area contributed by atoms with Crippen molar-refractivity contribution in [1.82, 2.24) is 14.8 Å². The van der Waals surface area contributed by atoms with Crippen molar-refractivity contribution in [2.24, 2.45) is 0 Å². The number of benzene rings is 3. The smallest absolute Gasteiger partial charge is 0.251 e. The summed E-state index contributed by atoms with van der Waals surface area (Å²) in [5.41, 5.74) is 7.18. The summed E-state index contributed by atoms with van der Waals surface area (Å²) in [6.45, 7) is 11.0. The summed E-state index contributed by atoms with van der Waals surface area (Å²) < 4.78 is 7.86. The van der Waals surface area contributed by atoms with Gasteiger partial charge < -0.3 is 19.5 Å². The third-order valence-electron chi connectivity index (χ3n) is 8.27. The highest BCUT2D eigenvalue weighted by molar-refractivity contribution is 5.94. The van der Waals surface area contributed by atoms with Gasteiger partial charge in [0.15, 0.2) is 0 Å². The second-order valence-electron chi connectivity index (χ2n) is 11.4. The van der Waals surface area contributed by atoms with Gasteiger partial charge in [-0.05, 0) is 117 Å². The zero-order valence-electron chi connectivity index (χ0n) is 24.7. The predicted octanol–water partition coefficient (Wildman–Crippen LogP) is 7.15. The lowest BCUT2D eigenvalue weighted by atomic mass is 9.89. The van der Waals surface area contributed by atoms with Crippen molar-refractivity contribution >= 4 is 16.8 Å². The molecule has 5 rings (SSSR count). The van der Waals surface area contributed by atoms with Crippen LogP contribution in [0.2, 0.25) is 0 Å². The number of allylic oxidation sites excluding steroid dienone is 1. The van der Waals surface area contributed by atoms with Gasteiger partial charge in [-0.25, -0.2) is 0 Å². The van der Waals surface area contributed by atoms with E-state index in [0.29, 0.717) is 23.6 Å². The molecular weight excluding hydrogens is 520 g/mol. The van der Waals surface area contributed by atoms with Crippen LogP contribution in [0.1, 0.15) is 60.0 Å². The van der Waals surface area contributed by atoms with Crippen molar-refractivity contribution in [2.75, 3.05) is 33.3 Å². The van der Waals surface area contributed by atoms with Gasteiger partial charge in [0, 0.05) is 35.8 Å². The van der Waals surface area contributed by atoms with Crippen LogP contribution in [0, 0.1) is 11.3 Å². The lowest BCUT2D eigenvalue weighted by Gasteiger charge is -2.32.